The maximum absolute atomic E-state index is 12.3. The van der Waals surface area contributed by atoms with Crippen molar-refractivity contribution in [1.82, 2.24) is 0 Å². The normalized spacial score (nSPS) is 9.91. The largest absolute Gasteiger partial charge is 0.478 e. The first-order valence-corrected chi connectivity index (χ1v) is 6.78. The molecular formula is C18H16O4. The van der Waals surface area contributed by atoms with Crippen LogP contribution in [0.15, 0.2) is 60.2 Å². The average molecular weight is 296 g/mol. The predicted molar refractivity (Wildman–Crippen MR) is 83.5 cm³/mol. The molecular weight excluding hydrogens is 280 g/mol. The Morgan fingerprint density at radius 1 is 0.864 bits per heavy atom. The van der Waals surface area contributed by atoms with Crippen LogP contribution in [0.2, 0.25) is 0 Å². The molecule has 0 saturated heterocycles. The zero-order valence-corrected chi connectivity index (χ0v) is 12.4. The average Bonchev–Trinajstić information content (AvgIpc) is 2.52. The summed E-state index contributed by atoms with van der Waals surface area (Å²) in [7, 11) is 0. The van der Waals surface area contributed by atoms with Gasteiger partial charge in [0, 0.05) is 5.56 Å². The Morgan fingerprint density at radius 3 is 1.95 bits per heavy atom. The van der Waals surface area contributed by atoms with Crippen LogP contribution in [0.1, 0.15) is 40.1 Å². The number of carbonyl (C=O) groups is 2. The molecule has 0 aliphatic heterocycles. The highest BCUT2D eigenvalue weighted by Gasteiger charge is 2.19. The molecule has 1 N–H and O–H groups in total. The van der Waals surface area contributed by atoms with Gasteiger partial charge in [-0.15, -0.1) is 0 Å². The van der Waals surface area contributed by atoms with Crippen LogP contribution in [0.4, 0.5) is 0 Å². The number of hydrogen-bond acceptors (Lipinski definition) is 3. The zero-order valence-electron chi connectivity index (χ0n) is 12.4. The van der Waals surface area contributed by atoms with Crippen LogP contribution >= 0.6 is 0 Å². The van der Waals surface area contributed by atoms with Gasteiger partial charge in [0.25, 0.3) is 0 Å². The second-order valence-electron chi connectivity index (χ2n) is 4.94. The lowest BCUT2D eigenvalue weighted by Crippen LogP contribution is -2.11. The summed E-state index contributed by atoms with van der Waals surface area (Å²) in [6.07, 6.45) is 0. The van der Waals surface area contributed by atoms with E-state index in [2.05, 4.69) is 0 Å². The first kappa shape index (κ1) is 15.5. The second-order valence-corrected chi connectivity index (χ2v) is 4.94. The Labute approximate surface area is 128 Å². The number of carboxylic acids is 1. The first-order chi connectivity index (χ1) is 10.5. The number of allylic oxidation sites excluding steroid dienone is 1. The van der Waals surface area contributed by atoms with Crippen molar-refractivity contribution in [3.63, 3.8) is 0 Å². The fourth-order valence-corrected chi connectivity index (χ4v) is 2.03. The first-order valence-electron chi connectivity index (χ1n) is 6.78. The molecule has 0 spiro atoms. The molecule has 0 fully saturated rings. The summed E-state index contributed by atoms with van der Waals surface area (Å²) in [5, 5.41) is 9.16. The Morgan fingerprint density at radius 2 is 1.41 bits per heavy atom. The molecule has 0 aliphatic carbocycles. The van der Waals surface area contributed by atoms with Crippen LogP contribution < -0.4 is 0 Å². The summed E-state index contributed by atoms with van der Waals surface area (Å²) in [6.45, 7) is 3.66. The fraction of sp³-hybridized carbons (Fsp3) is 0.111. The van der Waals surface area contributed by atoms with E-state index in [1.807, 2.05) is 44.2 Å². The molecule has 0 aromatic heterocycles. The van der Waals surface area contributed by atoms with Gasteiger partial charge in [0.1, 0.15) is 5.76 Å². The quantitative estimate of drug-likeness (QED) is 0.684. The van der Waals surface area contributed by atoms with E-state index in [1.165, 1.54) is 12.1 Å². The molecule has 0 atom stereocenters. The van der Waals surface area contributed by atoms with Crippen molar-refractivity contribution in [2.24, 2.45) is 0 Å². The number of rotatable bonds is 4. The molecule has 0 unspecified atom stereocenters. The molecule has 4 heteroatoms. The molecule has 2 aromatic carbocycles. The van der Waals surface area contributed by atoms with Gasteiger partial charge in [0.2, 0.25) is 0 Å². The maximum Gasteiger partial charge on any atom is 0.344 e. The maximum atomic E-state index is 12.3. The van der Waals surface area contributed by atoms with E-state index < -0.39 is 11.9 Å². The van der Waals surface area contributed by atoms with Crippen molar-refractivity contribution in [1.29, 1.82) is 0 Å². The lowest BCUT2D eigenvalue weighted by molar-refractivity contribution is 0.0648. The van der Waals surface area contributed by atoms with E-state index in [0.717, 1.165) is 11.1 Å². The van der Waals surface area contributed by atoms with E-state index in [1.54, 1.807) is 12.1 Å². The smallest absolute Gasteiger partial charge is 0.344 e. The zero-order chi connectivity index (χ0) is 16.1. The van der Waals surface area contributed by atoms with Crippen LogP contribution in [-0.4, -0.2) is 17.0 Å². The summed E-state index contributed by atoms with van der Waals surface area (Å²) >= 11 is 0. The van der Waals surface area contributed by atoms with Crippen molar-refractivity contribution < 1.29 is 19.4 Å². The molecule has 0 bridgehead atoms. The molecule has 112 valence electrons. The number of benzene rings is 2. The van der Waals surface area contributed by atoms with Gasteiger partial charge in [-0.25, -0.2) is 9.59 Å². The predicted octanol–water partition coefficient (Wildman–Crippen LogP) is 3.99. The molecule has 2 aromatic rings. The van der Waals surface area contributed by atoms with Crippen molar-refractivity contribution in [3.8, 4) is 0 Å². The molecule has 0 aliphatic rings. The standard InChI is InChI=1S/C18H16O4/c1-12(2)16(13-8-4-3-5-9-13)22-18(21)15-11-7-6-10-14(15)17(19)20/h3-11H,1-2H3,(H,19,20). The molecule has 4 nitrogen and oxygen atoms in total. The summed E-state index contributed by atoms with van der Waals surface area (Å²) in [5.74, 6) is -1.41. The topological polar surface area (TPSA) is 63.6 Å². The van der Waals surface area contributed by atoms with E-state index in [9.17, 15) is 9.59 Å². The number of aromatic carboxylic acids is 1. The number of esters is 1. The molecule has 0 radical (unpaired) electrons. The van der Waals surface area contributed by atoms with Gasteiger partial charge in [-0.05, 0) is 31.6 Å². The minimum Gasteiger partial charge on any atom is -0.478 e. The second kappa shape index (κ2) is 6.72. The third kappa shape index (κ3) is 3.41. The van der Waals surface area contributed by atoms with Crippen molar-refractivity contribution in [2.75, 3.05) is 0 Å². The van der Waals surface area contributed by atoms with Gasteiger partial charge >= 0.3 is 11.9 Å². The number of carboxylic acid groups (broad SMARTS) is 1. The van der Waals surface area contributed by atoms with Gasteiger partial charge in [0.05, 0.1) is 11.1 Å². The lowest BCUT2D eigenvalue weighted by Gasteiger charge is -2.12. The van der Waals surface area contributed by atoms with E-state index in [-0.39, 0.29) is 11.1 Å². The number of hydrogen-bond donors (Lipinski definition) is 1. The van der Waals surface area contributed by atoms with Gasteiger partial charge in [-0.1, -0.05) is 42.5 Å². The number of ether oxygens (including phenoxy) is 1. The Balaban J connectivity index is 2.35. The molecule has 0 amide bonds. The highest BCUT2D eigenvalue weighted by Crippen LogP contribution is 2.22. The van der Waals surface area contributed by atoms with Crippen molar-refractivity contribution in [2.45, 2.75) is 13.8 Å². The molecule has 0 saturated carbocycles. The monoisotopic (exact) mass is 296 g/mol. The molecule has 0 heterocycles. The lowest BCUT2D eigenvalue weighted by atomic mass is 10.1. The molecule has 22 heavy (non-hydrogen) atoms. The molecule has 2 rings (SSSR count). The van der Waals surface area contributed by atoms with Crippen molar-refractivity contribution >= 4 is 17.7 Å². The van der Waals surface area contributed by atoms with Gasteiger partial charge in [-0.2, -0.15) is 0 Å². The van der Waals surface area contributed by atoms with E-state index in [0.29, 0.717) is 5.76 Å². The van der Waals surface area contributed by atoms with Gasteiger partial charge in [-0.3, -0.25) is 0 Å². The van der Waals surface area contributed by atoms with E-state index in [4.69, 9.17) is 9.84 Å². The highest BCUT2D eigenvalue weighted by atomic mass is 16.5. The fourth-order valence-electron chi connectivity index (χ4n) is 2.03. The third-order valence-electron chi connectivity index (χ3n) is 3.06. The van der Waals surface area contributed by atoms with E-state index >= 15 is 0 Å². The van der Waals surface area contributed by atoms with Crippen LogP contribution in [-0.2, 0) is 4.74 Å². The SMILES string of the molecule is CC(C)=C(OC(=O)c1ccccc1C(=O)O)c1ccccc1. The number of carbonyl (C=O) groups excluding carboxylic acids is 1. The minimum absolute atomic E-state index is 0.0321. The summed E-state index contributed by atoms with van der Waals surface area (Å²) in [6, 6.07) is 15.2. The summed E-state index contributed by atoms with van der Waals surface area (Å²) < 4.78 is 5.45. The van der Waals surface area contributed by atoms with Crippen LogP contribution in [0.25, 0.3) is 5.76 Å². The highest BCUT2D eigenvalue weighted by molar-refractivity contribution is 6.03. The third-order valence-corrected chi connectivity index (χ3v) is 3.06. The Kier molecular flexibility index (Phi) is 4.73. The van der Waals surface area contributed by atoms with Crippen LogP contribution in [0.5, 0.6) is 0 Å². The summed E-state index contributed by atoms with van der Waals surface area (Å²) in [5.41, 5.74) is 1.55. The van der Waals surface area contributed by atoms with Crippen LogP contribution in [0, 0.1) is 0 Å². The van der Waals surface area contributed by atoms with Crippen molar-refractivity contribution in [3.05, 3.63) is 76.9 Å². The Hall–Kier alpha value is -2.88. The van der Waals surface area contributed by atoms with Crippen LogP contribution in [0.3, 0.4) is 0 Å². The summed E-state index contributed by atoms with van der Waals surface area (Å²) in [4.78, 5) is 23.5. The Bertz CT molecular complexity index is 726. The van der Waals surface area contributed by atoms with Gasteiger partial charge < -0.3 is 9.84 Å². The van der Waals surface area contributed by atoms with Gasteiger partial charge in [0.15, 0.2) is 0 Å². The minimum atomic E-state index is -1.16.